The van der Waals surface area contributed by atoms with Crippen LogP contribution in [0.5, 0.6) is 0 Å². The second kappa shape index (κ2) is 8.63. The van der Waals surface area contributed by atoms with Crippen LogP contribution in [0.2, 0.25) is 0 Å². The van der Waals surface area contributed by atoms with Gasteiger partial charge in [-0.15, -0.1) is 0 Å². The summed E-state index contributed by atoms with van der Waals surface area (Å²) >= 11 is 0. The lowest BCUT2D eigenvalue weighted by Gasteiger charge is -2.15. The molecule has 0 unspecified atom stereocenters. The van der Waals surface area contributed by atoms with E-state index in [9.17, 15) is 19.2 Å². The first-order chi connectivity index (χ1) is 16.5. The molecular weight excluding hydrogens is 432 g/mol. The second-order valence-corrected chi connectivity index (χ2v) is 7.73. The molecule has 0 saturated carbocycles. The van der Waals surface area contributed by atoms with Gasteiger partial charge >= 0.3 is 5.97 Å². The van der Waals surface area contributed by atoms with E-state index in [0.717, 1.165) is 15.7 Å². The van der Waals surface area contributed by atoms with E-state index in [0.29, 0.717) is 16.8 Å². The maximum atomic E-state index is 12.7. The zero-order chi connectivity index (χ0) is 23.7. The van der Waals surface area contributed by atoms with Gasteiger partial charge in [-0.1, -0.05) is 48.5 Å². The third-order valence-electron chi connectivity index (χ3n) is 5.50. The molecule has 34 heavy (non-hydrogen) atoms. The van der Waals surface area contributed by atoms with Crippen molar-refractivity contribution in [2.24, 2.45) is 0 Å². The molecule has 7 heteroatoms. The number of hydrogen-bond donors (Lipinski definition) is 1. The van der Waals surface area contributed by atoms with Crippen molar-refractivity contribution < 1.29 is 23.9 Å². The minimum Gasteiger partial charge on any atom is -0.452 e. The summed E-state index contributed by atoms with van der Waals surface area (Å²) in [4.78, 5) is 51.2. The van der Waals surface area contributed by atoms with Gasteiger partial charge in [0.1, 0.15) is 0 Å². The van der Waals surface area contributed by atoms with E-state index < -0.39 is 30.3 Å². The van der Waals surface area contributed by atoms with Gasteiger partial charge in [-0.25, -0.2) is 9.69 Å². The van der Waals surface area contributed by atoms with Crippen LogP contribution < -0.4 is 10.2 Å². The molecule has 1 heterocycles. The standard InChI is InChI=1S/C27H18N2O5/c30-24(28-20-13-12-17-6-1-2-7-18(17)14-20)16-34-27(33)19-8-5-9-21(15-19)29-25(31)22-10-3-4-11-23(22)26(29)32/h1-15H,16H2,(H,28,30). The fraction of sp³-hybridized carbons (Fsp3) is 0.0370. The summed E-state index contributed by atoms with van der Waals surface area (Å²) in [5.41, 5.74) is 1.58. The Balaban J connectivity index is 1.25. The molecule has 1 aliphatic rings. The number of carbonyl (C=O) groups is 4. The molecule has 3 amide bonds. The smallest absolute Gasteiger partial charge is 0.338 e. The van der Waals surface area contributed by atoms with Crippen molar-refractivity contribution in [2.45, 2.75) is 0 Å². The first-order valence-corrected chi connectivity index (χ1v) is 10.5. The Morgan fingerprint density at radius 3 is 2.15 bits per heavy atom. The molecule has 0 bridgehead atoms. The van der Waals surface area contributed by atoms with Gasteiger partial charge in [0.2, 0.25) is 0 Å². The summed E-state index contributed by atoms with van der Waals surface area (Å²) in [6.45, 7) is -0.483. The number of benzene rings is 4. The Bertz CT molecular complexity index is 1440. The number of fused-ring (bicyclic) bond motifs is 2. The van der Waals surface area contributed by atoms with Crippen LogP contribution >= 0.6 is 0 Å². The summed E-state index contributed by atoms with van der Waals surface area (Å²) in [6, 6.07) is 25.8. The van der Waals surface area contributed by atoms with Gasteiger partial charge in [-0.2, -0.15) is 0 Å². The van der Waals surface area contributed by atoms with Gasteiger partial charge in [0, 0.05) is 5.69 Å². The molecule has 0 saturated heterocycles. The van der Waals surface area contributed by atoms with E-state index in [-0.39, 0.29) is 11.3 Å². The molecule has 5 rings (SSSR count). The van der Waals surface area contributed by atoms with E-state index in [2.05, 4.69) is 5.32 Å². The van der Waals surface area contributed by atoms with E-state index in [1.165, 1.54) is 12.1 Å². The van der Waals surface area contributed by atoms with Crippen molar-refractivity contribution in [1.82, 2.24) is 0 Å². The number of anilines is 2. The Kier molecular flexibility index (Phi) is 5.35. The van der Waals surface area contributed by atoms with Crippen molar-refractivity contribution in [2.75, 3.05) is 16.8 Å². The van der Waals surface area contributed by atoms with Gasteiger partial charge in [0.05, 0.1) is 22.4 Å². The van der Waals surface area contributed by atoms with Crippen LogP contribution in [0.25, 0.3) is 10.8 Å². The van der Waals surface area contributed by atoms with Crippen molar-refractivity contribution in [3.05, 3.63) is 108 Å². The highest BCUT2D eigenvalue weighted by molar-refractivity contribution is 6.34. The molecule has 4 aromatic rings. The summed E-state index contributed by atoms with van der Waals surface area (Å²) in [5, 5.41) is 4.73. The fourth-order valence-electron chi connectivity index (χ4n) is 3.87. The third-order valence-corrected chi connectivity index (χ3v) is 5.50. The Morgan fingerprint density at radius 2 is 1.41 bits per heavy atom. The largest absolute Gasteiger partial charge is 0.452 e. The maximum Gasteiger partial charge on any atom is 0.338 e. The molecule has 0 fully saturated rings. The summed E-state index contributed by atoms with van der Waals surface area (Å²) in [7, 11) is 0. The number of imide groups is 1. The van der Waals surface area contributed by atoms with E-state index in [1.807, 2.05) is 36.4 Å². The van der Waals surface area contributed by atoms with Gasteiger partial charge < -0.3 is 10.1 Å². The molecular formula is C27H18N2O5. The SMILES string of the molecule is O=C(COC(=O)c1cccc(N2C(=O)c3ccccc3C2=O)c1)Nc1ccc2ccccc2c1. The molecule has 0 atom stereocenters. The van der Waals surface area contributed by atoms with Gasteiger partial charge in [-0.3, -0.25) is 14.4 Å². The highest BCUT2D eigenvalue weighted by Gasteiger charge is 2.36. The van der Waals surface area contributed by atoms with Crippen LogP contribution in [0.1, 0.15) is 31.1 Å². The zero-order valence-corrected chi connectivity index (χ0v) is 17.9. The van der Waals surface area contributed by atoms with Crippen LogP contribution in [-0.4, -0.2) is 30.3 Å². The van der Waals surface area contributed by atoms with Crippen LogP contribution in [0.4, 0.5) is 11.4 Å². The quantitative estimate of drug-likeness (QED) is 0.359. The lowest BCUT2D eigenvalue weighted by atomic mass is 10.1. The molecule has 1 aliphatic heterocycles. The molecule has 0 radical (unpaired) electrons. The van der Waals surface area contributed by atoms with Crippen LogP contribution in [0, 0.1) is 0 Å². The fourth-order valence-corrected chi connectivity index (χ4v) is 3.87. The predicted octanol–water partition coefficient (Wildman–Crippen LogP) is 4.44. The average molecular weight is 450 g/mol. The molecule has 7 nitrogen and oxygen atoms in total. The number of nitrogens with one attached hydrogen (secondary N) is 1. The number of carbonyl (C=O) groups excluding carboxylic acids is 4. The average Bonchev–Trinajstić information content (AvgIpc) is 3.12. The van der Waals surface area contributed by atoms with E-state index >= 15 is 0 Å². The van der Waals surface area contributed by atoms with E-state index in [4.69, 9.17) is 4.74 Å². The van der Waals surface area contributed by atoms with Gasteiger partial charge in [-0.05, 0) is 53.2 Å². The lowest BCUT2D eigenvalue weighted by molar-refractivity contribution is -0.119. The number of hydrogen-bond acceptors (Lipinski definition) is 5. The Hall–Kier alpha value is -4.78. The van der Waals surface area contributed by atoms with Gasteiger partial charge in [0.25, 0.3) is 17.7 Å². The Labute approximate surface area is 194 Å². The molecule has 166 valence electrons. The minimum atomic E-state index is -0.743. The van der Waals surface area contributed by atoms with Crippen LogP contribution in [0.3, 0.4) is 0 Å². The normalized spacial score (nSPS) is 12.5. The van der Waals surface area contributed by atoms with Crippen LogP contribution in [0.15, 0.2) is 91.0 Å². The van der Waals surface area contributed by atoms with Crippen molar-refractivity contribution in [3.8, 4) is 0 Å². The molecule has 0 spiro atoms. The maximum absolute atomic E-state index is 12.7. The van der Waals surface area contributed by atoms with Gasteiger partial charge in [0.15, 0.2) is 6.61 Å². The first-order valence-electron chi connectivity index (χ1n) is 10.5. The van der Waals surface area contributed by atoms with Crippen molar-refractivity contribution in [1.29, 1.82) is 0 Å². The lowest BCUT2D eigenvalue weighted by Crippen LogP contribution is -2.29. The highest BCUT2D eigenvalue weighted by Crippen LogP contribution is 2.29. The first kappa shape index (κ1) is 21.1. The number of nitrogens with zero attached hydrogens (tertiary/aromatic N) is 1. The molecule has 4 aromatic carbocycles. The number of rotatable bonds is 5. The molecule has 1 N–H and O–H groups in total. The number of esters is 1. The second-order valence-electron chi connectivity index (χ2n) is 7.73. The third kappa shape index (κ3) is 3.91. The topological polar surface area (TPSA) is 92.8 Å². The number of amides is 3. The molecule has 0 aliphatic carbocycles. The predicted molar refractivity (Wildman–Crippen MR) is 127 cm³/mol. The summed E-state index contributed by atoms with van der Waals surface area (Å²) < 4.78 is 5.14. The summed E-state index contributed by atoms with van der Waals surface area (Å²) in [5.74, 6) is -2.14. The highest BCUT2D eigenvalue weighted by atomic mass is 16.5. The van der Waals surface area contributed by atoms with Crippen molar-refractivity contribution >= 4 is 45.8 Å². The Morgan fingerprint density at radius 1 is 0.735 bits per heavy atom. The minimum absolute atomic E-state index is 0.118. The van der Waals surface area contributed by atoms with Crippen LogP contribution in [-0.2, 0) is 9.53 Å². The summed E-state index contributed by atoms with van der Waals surface area (Å²) in [6.07, 6.45) is 0. The van der Waals surface area contributed by atoms with E-state index in [1.54, 1.807) is 42.5 Å². The van der Waals surface area contributed by atoms with Crippen molar-refractivity contribution in [3.63, 3.8) is 0 Å². The monoisotopic (exact) mass is 450 g/mol. The number of ether oxygens (including phenoxy) is 1. The zero-order valence-electron chi connectivity index (χ0n) is 17.9. The molecule has 0 aromatic heterocycles.